The van der Waals surface area contributed by atoms with E-state index in [1.54, 1.807) is 20.8 Å². The van der Waals surface area contributed by atoms with Crippen LogP contribution in [0.1, 0.15) is 41.5 Å². The average molecular weight is 346 g/mol. The van der Waals surface area contributed by atoms with E-state index in [0.29, 0.717) is 11.1 Å². The Morgan fingerprint density at radius 1 is 1.08 bits per heavy atom. The summed E-state index contributed by atoms with van der Waals surface area (Å²) >= 11 is 0. The molecule has 0 aliphatic rings. The van der Waals surface area contributed by atoms with Crippen molar-refractivity contribution in [3.63, 3.8) is 0 Å². The topological polar surface area (TPSA) is 72.8 Å². The minimum Gasteiger partial charge on any atom is -0.496 e. The van der Waals surface area contributed by atoms with Gasteiger partial charge in [-0.15, -0.1) is 0 Å². The molecule has 0 bridgehead atoms. The Labute approximate surface area is 145 Å². The van der Waals surface area contributed by atoms with Crippen molar-refractivity contribution in [2.45, 2.75) is 26.4 Å². The van der Waals surface area contributed by atoms with Gasteiger partial charge in [0.2, 0.25) is 0 Å². The lowest BCUT2D eigenvalue weighted by Gasteiger charge is -2.19. The van der Waals surface area contributed by atoms with Gasteiger partial charge in [0.25, 0.3) is 0 Å². The van der Waals surface area contributed by atoms with Gasteiger partial charge < -0.3 is 14.6 Å². The van der Waals surface area contributed by atoms with Gasteiger partial charge in [-0.2, -0.15) is 0 Å². The van der Waals surface area contributed by atoms with Gasteiger partial charge in [0.1, 0.15) is 22.7 Å². The van der Waals surface area contributed by atoms with Crippen molar-refractivity contribution in [1.29, 1.82) is 0 Å². The van der Waals surface area contributed by atoms with E-state index in [-0.39, 0.29) is 16.9 Å². The number of aromatic carboxylic acids is 1. The summed E-state index contributed by atoms with van der Waals surface area (Å²) in [6.45, 7) is 5.29. The quantitative estimate of drug-likeness (QED) is 0.842. The zero-order valence-electron chi connectivity index (χ0n) is 14.4. The first-order valence-corrected chi connectivity index (χ1v) is 7.57. The van der Waals surface area contributed by atoms with E-state index in [4.69, 9.17) is 9.47 Å². The summed E-state index contributed by atoms with van der Waals surface area (Å²) < 4.78 is 24.4. The minimum atomic E-state index is -1.22. The first kappa shape index (κ1) is 18.4. The second-order valence-corrected chi connectivity index (χ2v) is 6.42. The Balaban J connectivity index is 2.38. The number of carboxylic acids is 1. The number of carbonyl (C=O) groups excluding carboxylic acids is 1. The zero-order chi connectivity index (χ0) is 18.8. The Bertz CT molecular complexity index is 804. The molecule has 0 unspecified atom stereocenters. The maximum atomic E-state index is 14.3. The number of carboxylic acid groups (broad SMARTS) is 1. The highest BCUT2D eigenvalue weighted by Crippen LogP contribution is 2.30. The Morgan fingerprint density at radius 3 is 2.16 bits per heavy atom. The molecular weight excluding hydrogens is 327 g/mol. The van der Waals surface area contributed by atoms with Crippen LogP contribution in [0.5, 0.6) is 5.75 Å². The Hall–Kier alpha value is -2.89. The number of ether oxygens (including phenoxy) is 2. The molecule has 5 nitrogen and oxygen atoms in total. The largest absolute Gasteiger partial charge is 0.496 e. The Kier molecular flexibility index (Phi) is 5.11. The van der Waals surface area contributed by atoms with E-state index in [9.17, 15) is 19.1 Å². The van der Waals surface area contributed by atoms with E-state index in [2.05, 4.69) is 0 Å². The van der Waals surface area contributed by atoms with Crippen LogP contribution >= 0.6 is 0 Å². The zero-order valence-corrected chi connectivity index (χ0v) is 14.4. The van der Waals surface area contributed by atoms with E-state index < -0.39 is 23.4 Å². The van der Waals surface area contributed by atoms with Crippen LogP contribution in [0.3, 0.4) is 0 Å². The molecule has 0 spiro atoms. The normalized spacial score (nSPS) is 11.1. The third-order valence-corrected chi connectivity index (χ3v) is 3.35. The average Bonchev–Trinajstić information content (AvgIpc) is 2.52. The highest BCUT2D eigenvalue weighted by atomic mass is 19.1. The molecular formula is C19H19FO5. The van der Waals surface area contributed by atoms with Crippen LogP contribution in [0.15, 0.2) is 36.4 Å². The van der Waals surface area contributed by atoms with Crippen LogP contribution in [0.2, 0.25) is 0 Å². The summed E-state index contributed by atoms with van der Waals surface area (Å²) in [6, 6.07) is 8.33. The van der Waals surface area contributed by atoms with Gasteiger partial charge in [-0.1, -0.05) is 12.1 Å². The lowest BCUT2D eigenvalue weighted by molar-refractivity contribution is 0.00693. The van der Waals surface area contributed by atoms with Crippen LogP contribution < -0.4 is 4.74 Å². The summed E-state index contributed by atoms with van der Waals surface area (Å²) in [4.78, 5) is 23.3. The molecule has 0 amide bonds. The number of rotatable bonds is 4. The summed E-state index contributed by atoms with van der Waals surface area (Å²) in [6.07, 6.45) is 0. The van der Waals surface area contributed by atoms with Crippen molar-refractivity contribution in [3.05, 3.63) is 53.3 Å². The number of methoxy groups -OCH3 is 1. The molecule has 0 aromatic heterocycles. The molecule has 1 N–H and O–H groups in total. The van der Waals surface area contributed by atoms with Gasteiger partial charge in [0.15, 0.2) is 0 Å². The van der Waals surface area contributed by atoms with Gasteiger partial charge in [0, 0.05) is 11.6 Å². The molecule has 0 fully saturated rings. The van der Waals surface area contributed by atoms with E-state index in [0.717, 1.165) is 6.07 Å². The molecule has 0 saturated heterocycles. The van der Waals surface area contributed by atoms with Crippen molar-refractivity contribution < 1.29 is 28.6 Å². The number of benzene rings is 2. The molecule has 0 aliphatic heterocycles. The molecule has 2 rings (SSSR count). The van der Waals surface area contributed by atoms with Crippen molar-refractivity contribution in [3.8, 4) is 16.9 Å². The van der Waals surface area contributed by atoms with Crippen molar-refractivity contribution >= 4 is 11.9 Å². The molecule has 0 aliphatic carbocycles. The van der Waals surface area contributed by atoms with Crippen molar-refractivity contribution in [2.24, 2.45) is 0 Å². The van der Waals surface area contributed by atoms with Crippen molar-refractivity contribution in [2.75, 3.05) is 7.11 Å². The monoisotopic (exact) mass is 346 g/mol. The van der Waals surface area contributed by atoms with Crippen LogP contribution in [0.25, 0.3) is 11.1 Å². The van der Waals surface area contributed by atoms with Gasteiger partial charge in [-0.25, -0.2) is 14.0 Å². The van der Waals surface area contributed by atoms with Crippen LogP contribution in [-0.2, 0) is 4.74 Å². The highest BCUT2D eigenvalue weighted by Gasteiger charge is 2.19. The highest BCUT2D eigenvalue weighted by molar-refractivity contribution is 5.93. The molecule has 6 heteroatoms. The maximum Gasteiger partial charge on any atom is 0.339 e. The standard InChI is InChI=1S/C19H19FO5/c1-19(2,3)25-18(23)12-7-5-11(6-8-12)13-9-14(17(21)22)16(24-4)10-15(13)20/h5-10H,1-4H3,(H,21,22). The van der Waals surface area contributed by atoms with E-state index in [1.165, 1.54) is 37.4 Å². The lowest BCUT2D eigenvalue weighted by Crippen LogP contribution is -2.23. The molecule has 0 saturated carbocycles. The summed E-state index contributed by atoms with van der Waals surface area (Å²) in [5.41, 5.74) is 0.110. The fourth-order valence-corrected chi connectivity index (χ4v) is 2.24. The number of halogens is 1. The molecule has 0 radical (unpaired) electrons. The second kappa shape index (κ2) is 6.93. The number of carbonyl (C=O) groups is 2. The third kappa shape index (κ3) is 4.35. The summed E-state index contributed by atoms with van der Waals surface area (Å²) in [5, 5.41) is 9.22. The van der Waals surface area contributed by atoms with Gasteiger partial charge in [-0.3, -0.25) is 0 Å². The van der Waals surface area contributed by atoms with Crippen LogP contribution in [0.4, 0.5) is 4.39 Å². The SMILES string of the molecule is COc1cc(F)c(-c2ccc(C(=O)OC(C)(C)C)cc2)cc1C(=O)O. The smallest absolute Gasteiger partial charge is 0.339 e. The predicted octanol–water partition coefficient (Wildman–Crippen LogP) is 4.15. The third-order valence-electron chi connectivity index (χ3n) is 3.35. The first-order valence-electron chi connectivity index (χ1n) is 7.57. The van der Waals surface area contributed by atoms with Gasteiger partial charge in [-0.05, 0) is 44.5 Å². The van der Waals surface area contributed by atoms with E-state index >= 15 is 0 Å². The summed E-state index contributed by atoms with van der Waals surface area (Å²) in [5.74, 6) is -2.38. The lowest BCUT2D eigenvalue weighted by atomic mass is 10.0. The Morgan fingerprint density at radius 2 is 1.68 bits per heavy atom. The van der Waals surface area contributed by atoms with E-state index in [1.807, 2.05) is 0 Å². The molecule has 0 heterocycles. The van der Waals surface area contributed by atoms with Gasteiger partial charge in [0.05, 0.1) is 12.7 Å². The number of hydrogen-bond acceptors (Lipinski definition) is 4. The molecule has 2 aromatic rings. The molecule has 2 aromatic carbocycles. The van der Waals surface area contributed by atoms with Crippen LogP contribution in [-0.4, -0.2) is 29.8 Å². The molecule has 25 heavy (non-hydrogen) atoms. The number of hydrogen-bond donors (Lipinski definition) is 1. The maximum absolute atomic E-state index is 14.3. The molecule has 132 valence electrons. The predicted molar refractivity (Wildman–Crippen MR) is 90.5 cm³/mol. The second-order valence-electron chi connectivity index (χ2n) is 6.42. The van der Waals surface area contributed by atoms with Gasteiger partial charge >= 0.3 is 11.9 Å². The van der Waals surface area contributed by atoms with Crippen molar-refractivity contribution in [1.82, 2.24) is 0 Å². The minimum absolute atomic E-state index is 0.0564. The molecule has 0 atom stereocenters. The van der Waals surface area contributed by atoms with Crippen LogP contribution in [0, 0.1) is 5.82 Å². The first-order chi connectivity index (χ1) is 11.6. The fraction of sp³-hybridized carbons (Fsp3) is 0.263. The summed E-state index contributed by atoms with van der Waals surface area (Å²) in [7, 11) is 1.27. The number of esters is 1. The fourth-order valence-electron chi connectivity index (χ4n) is 2.24.